The number of halogens is 8. The van der Waals surface area contributed by atoms with Gasteiger partial charge in [0.05, 0.1) is 37.2 Å². The standard InChI is InChI=1S/C37H40F4N4O2S.C36H38F4N4O2S/c1-4-43(5-2)19-20-44(22-26-9-13-28(14-10-26)29-15-18-32(25(3)21-29)37(39,40)41)34(46)23-45-33-8-6-7-31(33)35(47)42-36(45)48-24-27-11-16-30(38)17-12-27;1-3-42(4-2)20-21-43(22-25-8-12-27(13-9-25)28-14-16-29(17-15-28)36(38,39)40)33(45)23-44-32-7-5-6-31(32)34(46)41-35(44)47-24-26-10-18-30(37)19-11-26/h9-18,21H,4-8,19-20,22-24H2,1-3H3;8-19H,3-7,20-24H2,1-2H3/i4D2,5D2,6D2,7D2,8D2,9D,10D,11D,12D,13D,14D,15D,16D,17D,18D,19D2,20D2,21D,23D2;3D2,4D2,20D2,21D2,23D2. The van der Waals surface area contributed by atoms with Gasteiger partial charge in [-0.3, -0.25) is 19.2 Å². The van der Waals surface area contributed by atoms with E-state index in [1.54, 1.807) is 0 Å². The van der Waals surface area contributed by atoms with Crippen LogP contribution in [0.25, 0.3) is 22.3 Å². The highest BCUT2D eigenvalue weighted by molar-refractivity contribution is 7.98. The molecule has 8 aromatic rings. The van der Waals surface area contributed by atoms with Gasteiger partial charge in [0.25, 0.3) is 11.1 Å². The highest BCUT2D eigenvalue weighted by Crippen LogP contribution is 2.36. The Morgan fingerprint density at radius 3 is 1.59 bits per heavy atom. The normalized spacial score (nSPS) is 21.6. The van der Waals surface area contributed by atoms with E-state index in [9.17, 15) is 57.7 Å². The van der Waals surface area contributed by atoms with Crippen LogP contribution >= 0.6 is 23.5 Å². The van der Waals surface area contributed by atoms with Crippen LogP contribution in [0.2, 0.25) is 0 Å². The minimum Gasteiger partial charge on any atom is -0.336 e. The van der Waals surface area contributed by atoms with Crippen molar-refractivity contribution in [1.29, 1.82) is 0 Å². The summed E-state index contributed by atoms with van der Waals surface area (Å²) < 4.78 is 431. The third kappa shape index (κ3) is 19.0. The average molecular weight is 1380 g/mol. The van der Waals surface area contributed by atoms with Gasteiger partial charge in [-0.2, -0.15) is 36.3 Å². The molecule has 2 heterocycles. The number of hydrogen-bond acceptors (Lipinski definition) is 10. The summed E-state index contributed by atoms with van der Waals surface area (Å²) in [6.07, 6.45) is -20.8. The molecule has 2 aromatic heterocycles. The summed E-state index contributed by atoms with van der Waals surface area (Å²) in [4.78, 5) is 63.8. The third-order valence-electron chi connectivity index (χ3n) is 13.6. The summed E-state index contributed by atoms with van der Waals surface area (Å²) in [6.45, 7) is -35.9. The Hall–Kier alpha value is -7.92. The zero-order valence-electron chi connectivity index (χ0n) is 87.4. The van der Waals surface area contributed by atoms with Crippen molar-refractivity contribution in [1.82, 2.24) is 38.7 Å². The minimum atomic E-state index is -5.32. The van der Waals surface area contributed by atoms with E-state index in [2.05, 4.69) is 9.97 Å². The summed E-state index contributed by atoms with van der Waals surface area (Å²) >= 11 is 0.795. The van der Waals surface area contributed by atoms with Crippen LogP contribution in [0, 0.1) is 18.6 Å². The molecular formula is C73H78F8N8O4S2. The topological polar surface area (TPSA) is 117 Å². The fourth-order valence-electron chi connectivity index (χ4n) is 8.83. The first-order valence-electron chi connectivity index (χ1n) is 46.5. The molecule has 0 saturated heterocycles. The first kappa shape index (κ1) is 37.0. The molecule has 2 amide bonds. The van der Waals surface area contributed by atoms with Crippen molar-refractivity contribution in [3.8, 4) is 22.3 Å². The molecule has 2 aliphatic rings. The van der Waals surface area contributed by atoms with Crippen LogP contribution in [0.3, 0.4) is 0 Å². The first-order chi connectivity index (χ1) is 59.6. The number of alkyl halides is 6. The molecule has 0 unspecified atom stereocenters. The lowest BCUT2D eigenvalue weighted by molar-refractivity contribution is -0.138. The lowest BCUT2D eigenvalue weighted by Gasteiger charge is -2.28. The number of likely N-dealkylation sites (N-methyl/N-ethyl adjacent to an activating group) is 2. The number of aromatic nitrogens is 4. The molecule has 0 saturated carbocycles. The van der Waals surface area contributed by atoms with Crippen LogP contribution in [0.1, 0.15) is 153 Å². The Kier molecular flexibility index (Phi) is 12.7. The van der Waals surface area contributed by atoms with Crippen LogP contribution in [-0.2, 0) is 85.1 Å². The largest absolute Gasteiger partial charge is 0.416 e. The molecule has 0 radical (unpaired) electrons. The minimum absolute atomic E-state index is 0.0286. The molecule has 22 heteroatoms. The van der Waals surface area contributed by atoms with Gasteiger partial charge in [0.15, 0.2) is 10.3 Å². The van der Waals surface area contributed by atoms with Gasteiger partial charge >= 0.3 is 12.4 Å². The van der Waals surface area contributed by atoms with E-state index in [0.717, 1.165) is 42.3 Å². The van der Waals surface area contributed by atoms with Crippen molar-refractivity contribution in [2.45, 2.75) is 133 Å². The summed E-state index contributed by atoms with van der Waals surface area (Å²) in [5, 5.41) is -1.61. The quantitative estimate of drug-likeness (QED) is 0.0295. The first-order valence-corrected chi connectivity index (χ1v) is 30.0. The smallest absolute Gasteiger partial charge is 0.336 e. The molecule has 0 aliphatic heterocycles. The number of nitrogens with zero attached hydrogens (tertiary/aromatic N) is 8. The van der Waals surface area contributed by atoms with Gasteiger partial charge in [0.2, 0.25) is 11.8 Å². The highest BCUT2D eigenvalue weighted by atomic mass is 32.2. The Labute approximate surface area is 609 Å². The molecule has 502 valence electrons. The van der Waals surface area contributed by atoms with Crippen molar-refractivity contribution in [2.75, 3.05) is 52.0 Å². The Balaban J connectivity index is 0.000000308. The van der Waals surface area contributed by atoms with Gasteiger partial charge in [-0.05, 0) is 164 Å². The van der Waals surface area contributed by atoms with E-state index in [-0.39, 0.29) is 66.7 Å². The number of benzene rings is 6. The van der Waals surface area contributed by atoms with Gasteiger partial charge < -0.3 is 28.7 Å². The van der Waals surface area contributed by atoms with E-state index in [4.69, 9.17) is 42.5 Å². The maximum atomic E-state index is 15.4. The second-order valence-electron chi connectivity index (χ2n) is 19.8. The van der Waals surface area contributed by atoms with Crippen molar-refractivity contribution >= 4 is 35.3 Å². The maximum Gasteiger partial charge on any atom is 0.416 e. The van der Waals surface area contributed by atoms with Gasteiger partial charge in [-0.25, -0.2) is 8.78 Å². The molecule has 10 rings (SSSR count). The lowest BCUT2D eigenvalue weighted by Crippen LogP contribution is -2.40. The van der Waals surface area contributed by atoms with E-state index < -0.39 is 281 Å². The van der Waals surface area contributed by atoms with Gasteiger partial charge in [-0.1, -0.05) is 148 Å². The summed E-state index contributed by atoms with van der Waals surface area (Å²) in [5.41, 5.74) is -11.9. The predicted molar refractivity (Wildman–Crippen MR) is 358 cm³/mol. The van der Waals surface area contributed by atoms with Crippen LogP contribution in [0.15, 0.2) is 159 Å². The average Bonchev–Trinajstić information content (AvgIpc) is 1.51. The molecular weight excluding hydrogens is 1270 g/mol. The number of fused-ring (bicyclic) bond motifs is 2. The van der Waals surface area contributed by atoms with Gasteiger partial charge in [0, 0.05) is 97.8 Å². The highest BCUT2D eigenvalue weighted by Gasteiger charge is 2.33. The zero-order chi connectivity index (χ0) is 101. The molecule has 0 bridgehead atoms. The Morgan fingerprint density at radius 2 is 1.04 bits per heavy atom. The Bertz CT molecular complexity index is 5880. The summed E-state index contributed by atoms with van der Waals surface area (Å²) in [6, 6.07) is 0.742. The molecule has 0 spiro atoms. The van der Waals surface area contributed by atoms with Crippen LogP contribution in [0.5, 0.6) is 0 Å². The fraction of sp³-hybridized carbons (Fsp3) is 0.370. The fourth-order valence-corrected chi connectivity index (χ4v) is 10.6. The van der Waals surface area contributed by atoms with Crippen molar-refractivity contribution in [2.24, 2.45) is 0 Å². The maximum absolute atomic E-state index is 15.4. The number of rotatable bonds is 26. The molecule has 2 aliphatic carbocycles. The van der Waals surface area contributed by atoms with Crippen molar-refractivity contribution in [3.63, 3.8) is 0 Å². The SMILES string of the molecule is [2H]C([2H])(C)N(C([2H])([2H])C)C([2H])([2H])C([2H])([2H])N(Cc1ccc(-c2ccc(C(F)(F)F)cc2)cc1)C(=O)C([2H])([2H])n1c(SCc2ccc(F)cc2)nc(=O)c2c1CCC2.[2H]c1c([2H])c(CSc2nc(=O)c3c(n2C([2H])([2H])C(=O)N(Cc2c([2H])c([2H])c(-c4c([2H])c([2H])c(C(F)(F)F)c(C)c4[2H])c([2H])c2[2H])C([2H])([2H])C([2H])([2H])N(C([2H])([2H])C)C([2H])([2H])C)C([2H])([2H])C([2H])([2H])C3([2H])[2H])c([2H])c([2H])c1F. The van der Waals surface area contributed by atoms with E-state index in [1.165, 1.54) is 60.7 Å². The van der Waals surface area contributed by atoms with Gasteiger partial charge in [0.1, 0.15) is 24.6 Å². The zero-order valence-corrected chi connectivity index (χ0v) is 52.1. The molecule has 95 heavy (non-hydrogen) atoms. The van der Waals surface area contributed by atoms with Crippen LogP contribution < -0.4 is 11.1 Å². The van der Waals surface area contributed by atoms with Crippen LogP contribution in [0.4, 0.5) is 35.1 Å². The molecule has 0 N–H and O–H groups in total. The van der Waals surface area contributed by atoms with E-state index in [0.29, 0.717) is 43.9 Å². The van der Waals surface area contributed by atoms with Crippen LogP contribution in [-0.4, -0.2) is 102 Å². The lowest BCUT2D eigenvalue weighted by atomic mass is 9.98. The second-order valence-corrected chi connectivity index (χ2v) is 21.7. The van der Waals surface area contributed by atoms with Crippen molar-refractivity contribution in [3.05, 3.63) is 233 Å². The van der Waals surface area contributed by atoms with Gasteiger partial charge in [-0.15, -0.1) is 0 Å². The number of hydrogen-bond donors (Lipinski definition) is 0. The monoisotopic (exact) mass is 1380 g/mol. The number of carbonyl (C=O) groups excluding carboxylic acids is 2. The van der Waals surface area contributed by atoms with Crippen molar-refractivity contribution < 1.29 is 95.4 Å². The predicted octanol–water partition coefficient (Wildman–Crippen LogP) is 14.7. The third-order valence-corrected chi connectivity index (χ3v) is 15.5. The molecule has 12 nitrogen and oxygen atoms in total. The summed E-state index contributed by atoms with van der Waals surface area (Å²) in [5.74, 6) is -7.43. The number of thioether (sulfide) groups is 2. The number of carbonyl (C=O) groups is 2. The van der Waals surface area contributed by atoms with E-state index in [1.807, 2.05) is 0 Å². The number of amides is 2. The molecule has 6 aromatic carbocycles. The van der Waals surface area contributed by atoms with E-state index >= 15 is 4.79 Å². The molecule has 0 atom stereocenters. The summed E-state index contributed by atoms with van der Waals surface area (Å²) in [7, 11) is 0. The molecule has 0 fully saturated rings. The Morgan fingerprint density at radius 1 is 0.547 bits per heavy atom. The second kappa shape index (κ2) is 32.7.